The van der Waals surface area contributed by atoms with Crippen LogP contribution in [0.2, 0.25) is 0 Å². The van der Waals surface area contributed by atoms with Gasteiger partial charge in [0.15, 0.2) is 0 Å². The van der Waals surface area contributed by atoms with Crippen molar-refractivity contribution in [2.45, 2.75) is 33.1 Å². The lowest BCUT2D eigenvalue weighted by atomic mass is 9.91. The predicted octanol–water partition coefficient (Wildman–Crippen LogP) is 3.52. The molecule has 0 fully saturated rings. The Kier molecular flexibility index (Phi) is 6.69. The van der Waals surface area contributed by atoms with Crippen LogP contribution in [-0.2, 0) is 10.0 Å². The number of rotatable bonds is 8. The van der Waals surface area contributed by atoms with Gasteiger partial charge < -0.3 is 0 Å². The molecule has 1 N–H and O–H groups in total. The molecular weight excluding hydrogens is 338 g/mol. The number of nitrogens with one attached hydrogen (secondary N) is 1. The van der Waals surface area contributed by atoms with E-state index in [1.807, 2.05) is 37.3 Å². The number of alkyl halides is 1. The van der Waals surface area contributed by atoms with Gasteiger partial charge in [-0.2, -0.15) is 0 Å². The summed E-state index contributed by atoms with van der Waals surface area (Å²) in [6, 6.07) is 9.74. The quantitative estimate of drug-likeness (QED) is 0.720. The number of benzene rings is 1. The molecule has 0 aliphatic carbocycles. The van der Waals surface area contributed by atoms with Crippen molar-refractivity contribution in [1.29, 1.82) is 0 Å². The first-order valence-electron chi connectivity index (χ1n) is 6.84. The molecule has 0 aliphatic rings. The highest BCUT2D eigenvalue weighted by molar-refractivity contribution is 9.09. The Balaban J connectivity index is 2.58. The summed E-state index contributed by atoms with van der Waals surface area (Å²) in [5, 5.41) is 0.877. The second kappa shape index (κ2) is 7.57. The molecule has 0 saturated carbocycles. The monoisotopic (exact) mass is 361 g/mol. The third kappa shape index (κ3) is 6.37. The number of halogens is 1. The molecule has 20 heavy (non-hydrogen) atoms. The van der Waals surface area contributed by atoms with Crippen LogP contribution in [0.3, 0.4) is 0 Å². The molecule has 1 atom stereocenters. The summed E-state index contributed by atoms with van der Waals surface area (Å²) >= 11 is 3.40. The zero-order chi connectivity index (χ0) is 15.2. The molecule has 5 heteroatoms. The second-order valence-electron chi connectivity index (χ2n) is 6.02. The molecule has 0 heterocycles. The lowest BCUT2D eigenvalue weighted by Crippen LogP contribution is -2.36. The Labute approximate surface area is 131 Å². The number of hydrogen-bond acceptors (Lipinski definition) is 2. The van der Waals surface area contributed by atoms with Crippen molar-refractivity contribution in [3.05, 3.63) is 35.9 Å². The summed E-state index contributed by atoms with van der Waals surface area (Å²) < 4.78 is 27.0. The van der Waals surface area contributed by atoms with Gasteiger partial charge in [0.1, 0.15) is 0 Å². The van der Waals surface area contributed by atoms with Crippen LogP contribution in [0.5, 0.6) is 0 Å². The van der Waals surface area contributed by atoms with Crippen LogP contribution in [0.15, 0.2) is 30.3 Å². The first-order chi connectivity index (χ1) is 9.26. The maximum atomic E-state index is 12.1. The van der Waals surface area contributed by atoms with E-state index in [1.54, 1.807) is 0 Å². The van der Waals surface area contributed by atoms with Crippen molar-refractivity contribution in [2.75, 3.05) is 17.6 Å². The van der Waals surface area contributed by atoms with E-state index in [1.165, 1.54) is 0 Å². The van der Waals surface area contributed by atoms with Crippen LogP contribution in [0, 0.1) is 5.41 Å². The normalized spacial score (nSPS) is 14.2. The predicted molar refractivity (Wildman–Crippen MR) is 88.8 cm³/mol. The van der Waals surface area contributed by atoms with E-state index < -0.39 is 10.0 Å². The molecule has 1 aromatic carbocycles. The Morgan fingerprint density at radius 2 is 1.85 bits per heavy atom. The van der Waals surface area contributed by atoms with Gasteiger partial charge in [-0.15, -0.1) is 0 Å². The van der Waals surface area contributed by atoms with E-state index in [9.17, 15) is 8.42 Å². The van der Waals surface area contributed by atoms with Gasteiger partial charge in [-0.25, -0.2) is 13.1 Å². The van der Waals surface area contributed by atoms with Crippen molar-refractivity contribution >= 4 is 26.0 Å². The zero-order valence-electron chi connectivity index (χ0n) is 12.4. The smallest absolute Gasteiger partial charge is 0.212 e. The minimum absolute atomic E-state index is 0.00649. The highest BCUT2D eigenvalue weighted by atomic mass is 79.9. The van der Waals surface area contributed by atoms with Crippen molar-refractivity contribution < 1.29 is 8.42 Å². The van der Waals surface area contributed by atoms with E-state index in [2.05, 4.69) is 34.5 Å². The van der Waals surface area contributed by atoms with Crippen LogP contribution >= 0.6 is 15.9 Å². The van der Waals surface area contributed by atoms with Gasteiger partial charge in [-0.05, 0) is 23.3 Å². The standard InChI is InChI=1S/C15H24BrNO2S/c1-13(14-7-5-4-6-8-14)11-20(18,19)17-12-15(2,3)9-10-16/h4-8,13,17H,9-12H2,1-3H3. The molecule has 0 radical (unpaired) electrons. The fourth-order valence-electron chi connectivity index (χ4n) is 1.92. The van der Waals surface area contributed by atoms with E-state index in [0.29, 0.717) is 6.54 Å². The average Bonchev–Trinajstić information content (AvgIpc) is 2.37. The molecule has 0 bridgehead atoms. The van der Waals surface area contributed by atoms with Gasteiger partial charge in [0.05, 0.1) is 5.75 Å². The van der Waals surface area contributed by atoms with E-state index in [-0.39, 0.29) is 17.1 Å². The summed E-state index contributed by atoms with van der Waals surface area (Å²) in [4.78, 5) is 0. The molecule has 0 spiro atoms. The van der Waals surface area contributed by atoms with Crippen LogP contribution in [-0.4, -0.2) is 26.0 Å². The van der Waals surface area contributed by atoms with Crippen molar-refractivity contribution in [3.8, 4) is 0 Å². The highest BCUT2D eigenvalue weighted by Gasteiger charge is 2.22. The maximum absolute atomic E-state index is 12.1. The van der Waals surface area contributed by atoms with E-state index in [0.717, 1.165) is 17.3 Å². The summed E-state index contributed by atoms with van der Waals surface area (Å²) in [6.07, 6.45) is 0.934. The number of hydrogen-bond donors (Lipinski definition) is 1. The van der Waals surface area contributed by atoms with Crippen molar-refractivity contribution in [3.63, 3.8) is 0 Å². The molecule has 1 aromatic rings. The van der Waals surface area contributed by atoms with Gasteiger partial charge in [0.25, 0.3) is 0 Å². The lowest BCUT2D eigenvalue weighted by Gasteiger charge is -2.24. The van der Waals surface area contributed by atoms with Gasteiger partial charge >= 0.3 is 0 Å². The third-order valence-corrected chi connectivity index (χ3v) is 5.30. The van der Waals surface area contributed by atoms with Gasteiger partial charge in [0.2, 0.25) is 10.0 Å². The molecule has 114 valence electrons. The highest BCUT2D eigenvalue weighted by Crippen LogP contribution is 2.21. The summed E-state index contributed by atoms with van der Waals surface area (Å²) in [5.74, 6) is 0.120. The molecule has 1 unspecified atom stereocenters. The van der Waals surface area contributed by atoms with E-state index in [4.69, 9.17) is 0 Å². The first kappa shape index (κ1) is 17.7. The maximum Gasteiger partial charge on any atom is 0.212 e. The third-order valence-electron chi connectivity index (χ3n) is 3.38. The first-order valence-corrected chi connectivity index (χ1v) is 9.61. The van der Waals surface area contributed by atoms with Crippen LogP contribution in [0.4, 0.5) is 0 Å². The van der Waals surface area contributed by atoms with Gasteiger partial charge in [-0.3, -0.25) is 0 Å². The molecular formula is C15H24BrNO2S. The summed E-state index contributed by atoms with van der Waals surface area (Å²) in [5.41, 5.74) is 1.02. The van der Waals surface area contributed by atoms with Gasteiger partial charge in [-0.1, -0.05) is 67.0 Å². The van der Waals surface area contributed by atoms with Crippen LogP contribution in [0.25, 0.3) is 0 Å². The molecule has 0 aromatic heterocycles. The van der Waals surface area contributed by atoms with Crippen LogP contribution in [0.1, 0.15) is 38.7 Å². The molecule has 1 rings (SSSR count). The lowest BCUT2D eigenvalue weighted by molar-refractivity contribution is 0.354. The van der Waals surface area contributed by atoms with Crippen LogP contribution < -0.4 is 4.72 Å². The minimum atomic E-state index is -3.25. The number of sulfonamides is 1. The Hall–Kier alpha value is -0.390. The second-order valence-corrected chi connectivity index (χ2v) is 8.66. The fraction of sp³-hybridized carbons (Fsp3) is 0.600. The topological polar surface area (TPSA) is 46.2 Å². The SMILES string of the molecule is CC(CS(=O)(=O)NCC(C)(C)CCBr)c1ccccc1. The van der Waals surface area contributed by atoms with Crippen molar-refractivity contribution in [2.24, 2.45) is 5.41 Å². The molecule has 0 saturated heterocycles. The van der Waals surface area contributed by atoms with E-state index >= 15 is 0 Å². The Bertz CT molecular complexity index is 500. The minimum Gasteiger partial charge on any atom is -0.215 e. The average molecular weight is 362 g/mol. The largest absolute Gasteiger partial charge is 0.215 e. The molecule has 3 nitrogen and oxygen atoms in total. The molecule has 0 amide bonds. The zero-order valence-corrected chi connectivity index (χ0v) is 14.8. The summed E-state index contributed by atoms with van der Waals surface area (Å²) in [7, 11) is -3.25. The Morgan fingerprint density at radius 1 is 1.25 bits per heavy atom. The van der Waals surface area contributed by atoms with Gasteiger partial charge in [0, 0.05) is 11.9 Å². The molecule has 0 aliphatic heterocycles. The van der Waals surface area contributed by atoms with Crippen molar-refractivity contribution in [1.82, 2.24) is 4.72 Å². The fourth-order valence-corrected chi connectivity index (χ4v) is 4.57. The Morgan fingerprint density at radius 3 is 2.40 bits per heavy atom. The summed E-state index contributed by atoms with van der Waals surface area (Å²) in [6.45, 7) is 6.55.